The molecule has 0 aliphatic rings. The van der Waals surface area contributed by atoms with Crippen molar-refractivity contribution < 1.29 is 17.7 Å². The number of rotatable bonds is 5. The predicted molar refractivity (Wildman–Crippen MR) is 97.2 cm³/mol. The lowest BCUT2D eigenvalue weighted by molar-refractivity contribution is -0.384. The Bertz CT molecular complexity index is 1150. The molecule has 3 rings (SSSR count). The van der Waals surface area contributed by atoms with E-state index in [0.717, 1.165) is 23.8 Å². The molecule has 0 aliphatic carbocycles. The van der Waals surface area contributed by atoms with Crippen LogP contribution in [0.5, 0.6) is 0 Å². The van der Waals surface area contributed by atoms with Gasteiger partial charge in [-0.15, -0.1) is 0 Å². The third-order valence-electron chi connectivity index (χ3n) is 3.59. The first-order chi connectivity index (χ1) is 12.7. The molecule has 140 valence electrons. The lowest BCUT2D eigenvalue weighted by Gasteiger charge is -2.11. The number of nitro groups is 1. The van der Waals surface area contributed by atoms with Crippen LogP contribution in [0, 0.1) is 22.9 Å². The minimum absolute atomic E-state index is 0.0340. The summed E-state index contributed by atoms with van der Waals surface area (Å²) in [4.78, 5) is 9.79. The van der Waals surface area contributed by atoms with Gasteiger partial charge in [-0.05, 0) is 36.8 Å². The van der Waals surface area contributed by atoms with Crippen molar-refractivity contribution >= 4 is 33.0 Å². The highest BCUT2D eigenvalue weighted by atomic mass is 35.5. The second-order valence-electron chi connectivity index (χ2n) is 5.60. The van der Waals surface area contributed by atoms with Crippen molar-refractivity contribution in [2.24, 2.45) is 0 Å². The Hall–Kier alpha value is -2.98. The van der Waals surface area contributed by atoms with Crippen LogP contribution in [0.4, 0.5) is 15.8 Å². The molecule has 0 radical (unpaired) electrons. The number of halogens is 2. The van der Waals surface area contributed by atoms with Crippen LogP contribution in [0.1, 0.15) is 5.56 Å². The third-order valence-corrected chi connectivity index (χ3v) is 5.29. The van der Waals surface area contributed by atoms with Crippen molar-refractivity contribution in [1.82, 2.24) is 9.78 Å². The minimum atomic E-state index is -4.22. The van der Waals surface area contributed by atoms with E-state index in [1.165, 1.54) is 29.1 Å². The lowest BCUT2D eigenvalue weighted by atomic mass is 10.3. The maximum Gasteiger partial charge on any atom is 0.271 e. The van der Waals surface area contributed by atoms with Crippen LogP contribution in [0.2, 0.25) is 5.02 Å². The normalized spacial score (nSPS) is 11.4. The van der Waals surface area contributed by atoms with Crippen LogP contribution >= 0.6 is 11.6 Å². The quantitative estimate of drug-likeness (QED) is 0.510. The Balaban J connectivity index is 1.95. The van der Waals surface area contributed by atoms with Gasteiger partial charge in [-0.1, -0.05) is 11.6 Å². The molecule has 0 saturated heterocycles. The summed E-state index contributed by atoms with van der Waals surface area (Å²) in [5, 5.41) is 14.8. The van der Waals surface area contributed by atoms with Crippen molar-refractivity contribution in [3.05, 3.63) is 75.3 Å². The van der Waals surface area contributed by atoms with Gasteiger partial charge in [-0.3, -0.25) is 14.8 Å². The number of nitrogens with one attached hydrogen (secondary N) is 1. The molecule has 8 nitrogen and oxygen atoms in total. The lowest BCUT2D eigenvalue weighted by Crippen LogP contribution is -2.14. The van der Waals surface area contributed by atoms with Gasteiger partial charge in [-0.2, -0.15) is 5.10 Å². The topological polar surface area (TPSA) is 107 Å². The standard InChI is InChI=1S/C16H12ClFN4O4S/c1-10-8-19-21(9-10)16-5-3-12(7-14(16)18)27(25,26)20-15-6-11(22(23)24)2-4-13(15)17/h2-9,20H,1H3. The predicted octanol–water partition coefficient (Wildman–Crippen LogP) is 3.68. The number of sulfonamides is 1. The van der Waals surface area contributed by atoms with Crippen LogP contribution in [0.15, 0.2) is 53.7 Å². The molecule has 1 aromatic heterocycles. The molecular formula is C16H12ClFN4O4S. The maximum atomic E-state index is 14.4. The zero-order valence-corrected chi connectivity index (χ0v) is 15.3. The van der Waals surface area contributed by atoms with Gasteiger partial charge in [-0.25, -0.2) is 17.5 Å². The molecule has 0 bridgehead atoms. The van der Waals surface area contributed by atoms with Crippen molar-refractivity contribution in [2.45, 2.75) is 11.8 Å². The summed E-state index contributed by atoms with van der Waals surface area (Å²) in [5.41, 5.74) is 0.370. The molecule has 0 unspecified atom stereocenters. The number of aromatic nitrogens is 2. The number of non-ortho nitro benzene ring substituents is 1. The highest BCUT2D eigenvalue weighted by molar-refractivity contribution is 7.92. The molecular weight excluding hydrogens is 399 g/mol. The molecule has 0 fully saturated rings. The molecule has 2 aromatic carbocycles. The smallest absolute Gasteiger partial charge is 0.271 e. The molecule has 0 amide bonds. The number of aryl methyl sites for hydroxylation is 1. The van der Waals surface area contributed by atoms with Gasteiger partial charge in [0.25, 0.3) is 15.7 Å². The molecule has 1 heterocycles. The summed E-state index contributed by atoms with van der Waals surface area (Å²) in [7, 11) is -4.22. The summed E-state index contributed by atoms with van der Waals surface area (Å²) < 4.78 is 42.8. The Morgan fingerprint density at radius 1 is 1.26 bits per heavy atom. The van der Waals surface area contributed by atoms with E-state index in [0.29, 0.717) is 0 Å². The fourth-order valence-electron chi connectivity index (χ4n) is 2.29. The Morgan fingerprint density at radius 2 is 2.00 bits per heavy atom. The highest BCUT2D eigenvalue weighted by Gasteiger charge is 2.20. The molecule has 11 heteroatoms. The van der Waals surface area contributed by atoms with Gasteiger partial charge in [0.15, 0.2) is 0 Å². The summed E-state index contributed by atoms with van der Waals surface area (Å²) in [6, 6.07) is 6.62. The van der Waals surface area contributed by atoms with E-state index < -0.39 is 20.8 Å². The van der Waals surface area contributed by atoms with Crippen LogP contribution in [-0.2, 0) is 10.0 Å². The summed E-state index contributed by atoms with van der Waals surface area (Å²) >= 11 is 5.90. The number of hydrogen-bond acceptors (Lipinski definition) is 5. The molecule has 0 spiro atoms. The van der Waals surface area contributed by atoms with Gasteiger partial charge in [0, 0.05) is 18.3 Å². The summed E-state index contributed by atoms with van der Waals surface area (Å²) in [6.45, 7) is 1.78. The average Bonchev–Trinajstić information content (AvgIpc) is 3.02. The number of benzene rings is 2. The van der Waals surface area contributed by atoms with E-state index >= 15 is 0 Å². The van der Waals surface area contributed by atoms with E-state index in [1.54, 1.807) is 13.1 Å². The van der Waals surface area contributed by atoms with Crippen LogP contribution in [-0.4, -0.2) is 23.1 Å². The van der Waals surface area contributed by atoms with Crippen LogP contribution in [0.25, 0.3) is 5.69 Å². The highest BCUT2D eigenvalue weighted by Crippen LogP contribution is 2.29. The number of nitrogens with zero attached hydrogens (tertiary/aromatic N) is 3. The first kappa shape index (κ1) is 18.8. The third kappa shape index (κ3) is 3.91. The summed E-state index contributed by atoms with van der Waals surface area (Å²) in [5.74, 6) is -0.800. The fourth-order valence-corrected chi connectivity index (χ4v) is 3.60. The number of hydrogen-bond donors (Lipinski definition) is 1. The van der Waals surface area contributed by atoms with Crippen LogP contribution < -0.4 is 4.72 Å². The second kappa shape index (κ2) is 6.97. The van der Waals surface area contributed by atoms with Gasteiger partial charge in [0.05, 0.1) is 26.7 Å². The number of anilines is 1. The Morgan fingerprint density at radius 3 is 2.59 bits per heavy atom. The Labute approximate surface area is 158 Å². The van der Waals surface area contributed by atoms with E-state index in [2.05, 4.69) is 9.82 Å². The zero-order valence-electron chi connectivity index (χ0n) is 13.8. The van der Waals surface area contributed by atoms with Crippen molar-refractivity contribution in [3.63, 3.8) is 0 Å². The average molecular weight is 411 g/mol. The van der Waals surface area contributed by atoms with Gasteiger partial charge in [0.2, 0.25) is 0 Å². The van der Waals surface area contributed by atoms with E-state index in [4.69, 9.17) is 11.6 Å². The molecule has 0 atom stereocenters. The van der Waals surface area contributed by atoms with Gasteiger partial charge < -0.3 is 0 Å². The van der Waals surface area contributed by atoms with Gasteiger partial charge >= 0.3 is 0 Å². The monoisotopic (exact) mass is 410 g/mol. The molecule has 0 saturated carbocycles. The number of nitro benzene ring substituents is 1. The largest absolute Gasteiger partial charge is 0.278 e. The van der Waals surface area contributed by atoms with Gasteiger partial charge in [0.1, 0.15) is 11.5 Å². The summed E-state index contributed by atoms with van der Waals surface area (Å²) in [6.07, 6.45) is 3.13. The molecule has 27 heavy (non-hydrogen) atoms. The van der Waals surface area contributed by atoms with Crippen molar-refractivity contribution in [1.29, 1.82) is 0 Å². The first-order valence-electron chi connectivity index (χ1n) is 7.45. The Kier molecular flexibility index (Phi) is 4.85. The SMILES string of the molecule is Cc1cnn(-c2ccc(S(=O)(=O)Nc3cc([N+](=O)[O-])ccc3Cl)cc2F)c1. The fraction of sp³-hybridized carbons (Fsp3) is 0.0625. The first-order valence-corrected chi connectivity index (χ1v) is 9.31. The molecule has 0 aliphatic heterocycles. The molecule has 3 aromatic rings. The molecule has 1 N–H and O–H groups in total. The van der Waals surface area contributed by atoms with Crippen LogP contribution in [0.3, 0.4) is 0 Å². The van der Waals surface area contributed by atoms with E-state index in [9.17, 15) is 22.9 Å². The maximum absolute atomic E-state index is 14.4. The second-order valence-corrected chi connectivity index (χ2v) is 7.69. The zero-order chi connectivity index (χ0) is 19.8. The minimum Gasteiger partial charge on any atom is -0.278 e. The van der Waals surface area contributed by atoms with E-state index in [-0.39, 0.29) is 27.0 Å². The van der Waals surface area contributed by atoms with Crippen molar-refractivity contribution in [2.75, 3.05) is 4.72 Å². The van der Waals surface area contributed by atoms with E-state index in [1.807, 2.05) is 0 Å². The van der Waals surface area contributed by atoms with Crippen molar-refractivity contribution in [3.8, 4) is 5.69 Å².